The Morgan fingerprint density at radius 3 is 2.15 bits per heavy atom. The molecule has 0 spiro atoms. The van der Waals surface area contributed by atoms with Gasteiger partial charge >= 0.3 is 0 Å². The maximum absolute atomic E-state index is 11.8. The number of hydrazine groups is 1. The van der Waals surface area contributed by atoms with Gasteiger partial charge in [0.05, 0.1) is 10.6 Å². The van der Waals surface area contributed by atoms with Gasteiger partial charge in [-0.05, 0) is 43.2 Å². The van der Waals surface area contributed by atoms with Crippen LogP contribution < -0.4 is 16.0 Å². The van der Waals surface area contributed by atoms with Gasteiger partial charge in [-0.25, -0.2) is 13.6 Å². The second kappa shape index (κ2) is 9.54. The van der Waals surface area contributed by atoms with E-state index in [2.05, 4.69) is 10.9 Å². The summed E-state index contributed by atoms with van der Waals surface area (Å²) >= 11 is 1.38. The first-order valence-electron chi connectivity index (χ1n) is 8.13. The summed E-state index contributed by atoms with van der Waals surface area (Å²) in [6, 6.07) is 13.8. The van der Waals surface area contributed by atoms with Gasteiger partial charge in [0.1, 0.15) is 0 Å². The molecule has 27 heavy (non-hydrogen) atoms. The standard InChI is InChI=1S/C18H21N3O4S2/c1-13-2-7-15(8-3-13)26-12-18(23)21-20-17(22)11-6-14-4-9-16(10-5-14)27(19,24)25/h2-5,7-10H,6,11-12H2,1H3,(H,20,22)(H,21,23)(H2,19,24,25). The van der Waals surface area contributed by atoms with Crippen LogP contribution in [0.4, 0.5) is 0 Å². The Hall–Kier alpha value is -2.36. The molecule has 0 saturated carbocycles. The minimum atomic E-state index is -3.73. The lowest BCUT2D eigenvalue weighted by Gasteiger charge is -2.08. The van der Waals surface area contributed by atoms with E-state index in [9.17, 15) is 18.0 Å². The second-order valence-corrected chi connectivity index (χ2v) is 8.50. The van der Waals surface area contributed by atoms with Crippen LogP contribution in [0.1, 0.15) is 17.5 Å². The largest absolute Gasteiger partial charge is 0.273 e. The summed E-state index contributed by atoms with van der Waals surface area (Å²) in [4.78, 5) is 24.6. The van der Waals surface area contributed by atoms with Crippen molar-refractivity contribution in [2.24, 2.45) is 5.14 Å². The smallest absolute Gasteiger partial charge is 0.248 e. The van der Waals surface area contributed by atoms with Crippen LogP contribution in [0.2, 0.25) is 0 Å². The number of nitrogens with two attached hydrogens (primary N) is 1. The molecule has 0 fully saturated rings. The summed E-state index contributed by atoms with van der Waals surface area (Å²) in [7, 11) is -3.73. The van der Waals surface area contributed by atoms with Crippen molar-refractivity contribution >= 4 is 33.6 Å². The first-order valence-corrected chi connectivity index (χ1v) is 10.7. The first kappa shape index (κ1) is 20.9. The zero-order valence-corrected chi connectivity index (χ0v) is 16.4. The Bertz CT molecular complexity index is 895. The molecule has 9 heteroatoms. The number of benzene rings is 2. The van der Waals surface area contributed by atoms with Crippen molar-refractivity contribution in [2.75, 3.05) is 5.75 Å². The fraction of sp³-hybridized carbons (Fsp3) is 0.222. The van der Waals surface area contributed by atoms with Gasteiger partial charge in [0.2, 0.25) is 21.8 Å². The highest BCUT2D eigenvalue weighted by atomic mass is 32.2. The molecule has 0 aliphatic carbocycles. The van der Waals surface area contributed by atoms with E-state index in [1.807, 2.05) is 31.2 Å². The van der Waals surface area contributed by atoms with Gasteiger partial charge in [0.15, 0.2) is 0 Å². The molecular weight excluding hydrogens is 386 g/mol. The number of amides is 2. The van der Waals surface area contributed by atoms with Crippen molar-refractivity contribution in [3.63, 3.8) is 0 Å². The number of rotatable bonds is 7. The molecule has 0 unspecified atom stereocenters. The number of primary sulfonamides is 1. The van der Waals surface area contributed by atoms with E-state index in [4.69, 9.17) is 5.14 Å². The summed E-state index contributed by atoms with van der Waals surface area (Å²) in [6.07, 6.45) is 0.560. The van der Waals surface area contributed by atoms with Crippen molar-refractivity contribution in [1.82, 2.24) is 10.9 Å². The van der Waals surface area contributed by atoms with Gasteiger partial charge in [0.25, 0.3) is 0 Å². The number of hydrogen-bond donors (Lipinski definition) is 3. The molecule has 2 amide bonds. The lowest BCUT2D eigenvalue weighted by atomic mass is 10.1. The van der Waals surface area contributed by atoms with E-state index in [-0.39, 0.29) is 28.9 Å². The predicted molar refractivity (Wildman–Crippen MR) is 104 cm³/mol. The molecule has 2 aromatic rings. The quantitative estimate of drug-likeness (QED) is 0.475. The minimum absolute atomic E-state index is 0.0223. The highest BCUT2D eigenvalue weighted by Crippen LogP contribution is 2.17. The van der Waals surface area contributed by atoms with Gasteiger partial charge < -0.3 is 0 Å². The van der Waals surface area contributed by atoms with E-state index in [1.54, 1.807) is 12.1 Å². The van der Waals surface area contributed by atoms with Gasteiger partial charge in [-0.1, -0.05) is 29.8 Å². The van der Waals surface area contributed by atoms with Crippen molar-refractivity contribution < 1.29 is 18.0 Å². The second-order valence-electron chi connectivity index (χ2n) is 5.89. The Kier molecular flexibility index (Phi) is 7.40. The zero-order valence-electron chi connectivity index (χ0n) is 14.8. The maximum Gasteiger partial charge on any atom is 0.248 e. The molecule has 2 aromatic carbocycles. The third-order valence-corrected chi connectivity index (χ3v) is 5.57. The average Bonchev–Trinajstić information content (AvgIpc) is 2.64. The summed E-state index contributed by atoms with van der Waals surface area (Å²) in [5.41, 5.74) is 6.68. The average molecular weight is 408 g/mol. The van der Waals surface area contributed by atoms with E-state index in [0.29, 0.717) is 6.42 Å². The number of nitrogens with one attached hydrogen (secondary N) is 2. The van der Waals surface area contributed by atoms with Crippen molar-refractivity contribution in [2.45, 2.75) is 29.6 Å². The van der Waals surface area contributed by atoms with Crippen LogP contribution in [0.25, 0.3) is 0 Å². The zero-order chi connectivity index (χ0) is 19.9. The van der Waals surface area contributed by atoms with Crippen LogP contribution in [-0.2, 0) is 26.0 Å². The number of aryl methyl sites for hydroxylation is 2. The normalized spacial score (nSPS) is 11.0. The number of sulfonamides is 1. The highest BCUT2D eigenvalue weighted by molar-refractivity contribution is 8.00. The van der Waals surface area contributed by atoms with Crippen molar-refractivity contribution in [3.8, 4) is 0 Å². The third-order valence-electron chi connectivity index (χ3n) is 3.62. The molecule has 0 radical (unpaired) electrons. The summed E-state index contributed by atoms with van der Waals surface area (Å²) in [5, 5.41) is 5.03. The predicted octanol–water partition coefficient (Wildman–Crippen LogP) is 1.51. The van der Waals surface area contributed by atoms with Gasteiger partial charge in [-0.3, -0.25) is 20.4 Å². The number of hydrogen-bond acceptors (Lipinski definition) is 5. The Labute approximate surface area is 162 Å². The molecule has 0 aliphatic heterocycles. The molecule has 0 aliphatic rings. The summed E-state index contributed by atoms with van der Waals surface area (Å²) in [6.45, 7) is 1.99. The van der Waals surface area contributed by atoms with Crippen LogP contribution in [0.3, 0.4) is 0 Å². The highest BCUT2D eigenvalue weighted by Gasteiger charge is 2.09. The lowest BCUT2D eigenvalue weighted by molar-refractivity contribution is -0.127. The van der Waals surface area contributed by atoms with E-state index >= 15 is 0 Å². The topological polar surface area (TPSA) is 118 Å². The van der Waals surface area contributed by atoms with Gasteiger partial charge in [-0.15, -0.1) is 11.8 Å². The molecular formula is C18H21N3O4S2. The molecule has 0 heterocycles. The fourth-order valence-corrected chi connectivity index (χ4v) is 3.34. The first-order chi connectivity index (χ1) is 12.7. The number of carbonyl (C=O) groups excluding carboxylic acids is 2. The van der Waals surface area contributed by atoms with Crippen LogP contribution >= 0.6 is 11.8 Å². The fourth-order valence-electron chi connectivity index (χ4n) is 2.13. The molecule has 4 N–H and O–H groups in total. The lowest BCUT2D eigenvalue weighted by Crippen LogP contribution is -2.42. The van der Waals surface area contributed by atoms with Crippen LogP contribution in [-0.4, -0.2) is 26.0 Å². The molecule has 7 nitrogen and oxygen atoms in total. The van der Waals surface area contributed by atoms with Crippen molar-refractivity contribution in [1.29, 1.82) is 0 Å². The number of thioether (sulfide) groups is 1. The Balaban J connectivity index is 1.69. The molecule has 0 atom stereocenters. The van der Waals surface area contributed by atoms with Crippen molar-refractivity contribution in [3.05, 3.63) is 59.7 Å². The van der Waals surface area contributed by atoms with E-state index in [0.717, 1.165) is 16.0 Å². The molecule has 144 valence electrons. The van der Waals surface area contributed by atoms with Crippen LogP contribution in [0, 0.1) is 6.92 Å². The molecule has 0 aromatic heterocycles. The molecule has 0 bridgehead atoms. The summed E-state index contributed by atoms with van der Waals surface area (Å²) in [5.74, 6) is -0.441. The number of carbonyl (C=O) groups is 2. The Morgan fingerprint density at radius 2 is 1.56 bits per heavy atom. The summed E-state index contributed by atoms with van der Waals surface area (Å²) < 4.78 is 22.4. The third kappa shape index (κ3) is 7.41. The van der Waals surface area contributed by atoms with Gasteiger partial charge in [-0.2, -0.15) is 0 Å². The van der Waals surface area contributed by atoms with E-state index < -0.39 is 10.0 Å². The van der Waals surface area contributed by atoms with Crippen LogP contribution in [0.5, 0.6) is 0 Å². The van der Waals surface area contributed by atoms with Crippen LogP contribution in [0.15, 0.2) is 58.3 Å². The molecule has 2 rings (SSSR count). The molecule has 0 saturated heterocycles. The Morgan fingerprint density at radius 1 is 0.963 bits per heavy atom. The van der Waals surface area contributed by atoms with Gasteiger partial charge in [0, 0.05) is 11.3 Å². The maximum atomic E-state index is 11.8. The minimum Gasteiger partial charge on any atom is -0.273 e. The van der Waals surface area contributed by atoms with E-state index in [1.165, 1.54) is 23.9 Å². The monoisotopic (exact) mass is 407 g/mol. The SMILES string of the molecule is Cc1ccc(SCC(=O)NNC(=O)CCc2ccc(S(N)(=O)=O)cc2)cc1.